The minimum absolute atomic E-state index is 1.17. The summed E-state index contributed by atoms with van der Waals surface area (Å²) in [5.74, 6) is 0. The molecule has 1 aliphatic heterocycles. The molecule has 1 heteroatoms. The normalized spacial score (nSPS) is 13.5. The van der Waals surface area contributed by atoms with Crippen molar-refractivity contribution in [3.05, 3.63) is 144 Å². The first kappa shape index (κ1) is 19.7. The van der Waals surface area contributed by atoms with E-state index in [0.717, 1.165) is 0 Å². The monoisotopic (exact) mass is 410 g/mol. The molecular weight excluding hydrogens is 387 g/mol. The van der Waals surface area contributed by atoms with Gasteiger partial charge in [0.25, 0.3) is 0 Å². The molecule has 0 fully saturated rings. The smallest absolute Gasteiger partial charge is 0.0891 e. The minimum atomic E-state index is -1.47. The Hall–Kier alpha value is -3.29. The van der Waals surface area contributed by atoms with Crippen LogP contribution < -0.4 is 0 Å². The largest absolute Gasteiger partial charge is 0.349 e. The molecule has 0 atom stereocenters. The van der Waals surface area contributed by atoms with Gasteiger partial charge in [-0.2, -0.15) is 0 Å². The third-order valence-electron chi connectivity index (χ3n) is 6.07. The van der Waals surface area contributed by atoms with Crippen molar-refractivity contribution in [1.29, 1.82) is 0 Å². The standard InChI is InChI=1S/C28H18.C2H5.Al/c1-5-13-23(14-6-1)21-27(25-17-9-3-10-18-25)28(26-19-11-4-12-20-26)22-24-15-7-2-8-16-24;1-2;/h1,3-7,9-20H;1H2,2H3;. The minimum Gasteiger partial charge on any atom is -0.0891 e. The predicted molar refractivity (Wildman–Crippen MR) is 133 cm³/mol. The van der Waals surface area contributed by atoms with Gasteiger partial charge in [0.05, 0.1) is 0 Å². The van der Waals surface area contributed by atoms with Crippen molar-refractivity contribution in [3.8, 4) is 0 Å². The van der Waals surface area contributed by atoms with E-state index >= 15 is 0 Å². The van der Waals surface area contributed by atoms with E-state index in [2.05, 4.69) is 122 Å². The van der Waals surface area contributed by atoms with Crippen LogP contribution in [0.2, 0.25) is 5.28 Å². The Labute approximate surface area is 189 Å². The van der Waals surface area contributed by atoms with E-state index in [9.17, 15) is 0 Å². The van der Waals surface area contributed by atoms with Crippen LogP contribution in [0.25, 0.3) is 20.0 Å². The van der Waals surface area contributed by atoms with E-state index in [1.54, 1.807) is 4.44 Å². The van der Waals surface area contributed by atoms with E-state index in [1.165, 1.54) is 43.1 Å². The average molecular weight is 410 g/mol. The maximum atomic E-state index is 3.21. The summed E-state index contributed by atoms with van der Waals surface area (Å²) in [5, 5.41) is 1.17. The second-order valence-electron chi connectivity index (χ2n) is 7.86. The first-order valence-electron chi connectivity index (χ1n) is 10.9. The summed E-state index contributed by atoms with van der Waals surface area (Å²) in [5.41, 5.74) is 8.03. The van der Waals surface area contributed by atoms with Crippen molar-refractivity contribution in [2.75, 3.05) is 0 Å². The van der Waals surface area contributed by atoms with E-state index in [-0.39, 0.29) is 0 Å². The molecule has 5 rings (SSSR count). The van der Waals surface area contributed by atoms with Crippen LogP contribution in [-0.4, -0.2) is 14.1 Å². The maximum absolute atomic E-state index is 3.21. The number of hydrogen-bond donors (Lipinski definition) is 0. The van der Waals surface area contributed by atoms with Gasteiger partial charge < -0.3 is 0 Å². The lowest BCUT2D eigenvalue weighted by atomic mass is 9.89. The van der Waals surface area contributed by atoms with Crippen LogP contribution in [0.4, 0.5) is 0 Å². The van der Waals surface area contributed by atoms with Gasteiger partial charge in [0, 0.05) is 0 Å². The van der Waals surface area contributed by atoms with Crippen LogP contribution >= 0.6 is 0 Å². The molecule has 0 saturated heterocycles. The highest BCUT2D eigenvalue weighted by atomic mass is 27.2. The SMILES string of the molecule is C[CH2][Al]1[C](c2cc#ccc2)=C(c2ccccc2)C(c2ccccc2)=[C]1c1ccccc1. The van der Waals surface area contributed by atoms with Crippen LogP contribution in [0.3, 0.4) is 0 Å². The summed E-state index contributed by atoms with van der Waals surface area (Å²) in [6, 6.07) is 45.5. The average Bonchev–Trinajstić information content (AvgIpc) is 3.21. The lowest BCUT2D eigenvalue weighted by Gasteiger charge is -2.16. The molecule has 0 aromatic heterocycles. The zero-order chi connectivity index (χ0) is 21.0. The fourth-order valence-electron chi connectivity index (χ4n) is 4.80. The second-order valence-corrected chi connectivity index (χ2v) is 10.9. The fourth-order valence-corrected chi connectivity index (χ4v) is 8.40. The van der Waals surface area contributed by atoms with Crippen LogP contribution in [-0.2, 0) is 0 Å². The lowest BCUT2D eigenvalue weighted by molar-refractivity contribution is 1.44. The number of rotatable bonds is 5. The Bertz CT molecular complexity index is 1120. The van der Waals surface area contributed by atoms with Gasteiger partial charge in [0.15, 0.2) is 0 Å². The number of allylic oxidation sites excluding steroid dienone is 2. The Morgan fingerprint density at radius 2 is 1.03 bits per heavy atom. The molecule has 1 aliphatic rings. The van der Waals surface area contributed by atoms with E-state index in [4.69, 9.17) is 0 Å². The molecule has 0 N–H and O–H groups in total. The molecule has 0 nitrogen and oxygen atoms in total. The highest BCUT2D eigenvalue weighted by Crippen LogP contribution is 2.51. The zero-order valence-electron chi connectivity index (χ0n) is 17.7. The summed E-state index contributed by atoms with van der Waals surface area (Å²) in [6.45, 7) is 2.36. The molecule has 0 spiro atoms. The molecule has 146 valence electrons. The number of hydrogen-bond acceptors (Lipinski definition) is 0. The Balaban J connectivity index is 1.89. The molecule has 4 aromatic rings. The van der Waals surface area contributed by atoms with Crippen molar-refractivity contribution in [1.82, 2.24) is 0 Å². The third-order valence-corrected chi connectivity index (χ3v) is 9.53. The molecule has 0 saturated carbocycles. The molecule has 0 aliphatic carbocycles. The predicted octanol–water partition coefficient (Wildman–Crippen LogP) is 7.42. The molecule has 0 amide bonds. The van der Waals surface area contributed by atoms with Gasteiger partial charge in [-0.25, -0.2) is 0 Å². The topological polar surface area (TPSA) is 0 Å². The maximum Gasteiger partial charge on any atom is 0.349 e. The second kappa shape index (κ2) is 8.83. The molecule has 4 aromatic carbocycles. The van der Waals surface area contributed by atoms with Gasteiger partial charge in [-0.1, -0.05) is 124 Å². The van der Waals surface area contributed by atoms with Gasteiger partial charge in [-0.3, -0.25) is 0 Å². The Kier molecular flexibility index (Phi) is 5.60. The number of benzene rings is 3. The van der Waals surface area contributed by atoms with Crippen LogP contribution in [0, 0.1) is 12.1 Å². The Morgan fingerprint density at radius 1 is 0.548 bits per heavy atom. The first-order valence-corrected chi connectivity index (χ1v) is 12.9. The van der Waals surface area contributed by atoms with Crippen LogP contribution in [0.5, 0.6) is 0 Å². The third kappa shape index (κ3) is 3.67. The first-order chi connectivity index (χ1) is 15.4. The molecule has 0 unspecified atom stereocenters. The quantitative estimate of drug-likeness (QED) is 0.300. The molecule has 1 heterocycles. The summed E-state index contributed by atoms with van der Waals surface area (Å²) < 4.78 is 3.08. The van der Waals surface area contributed by atoms with Gasteiger partial charge in [-0.05, 0) is 51.6 Å². The van der Waals surface area contributed by atoms with Crippen molar-refractivity contribution < 1.29 is 0 Å². The summed E-state index contributed by atoms with van der Waals surface area (Å²) in [6.07, 6.45) is 0. The van der Waals surface area contributed by atoms with Gasteiger partial charge in [0.1, 0.15) is 0 Å². The van der Waals surface area contributed by atoms with Gasteiger partial charge >= 0.3 is 14.1 Å². The summed E-state index contributed by atoms with van der Waals surface area (Å²) in [7, 11) is 0. The summed E-state index contributed by atoms with van der Waals surface area (Å²) >= 11 is -1.47. The van der Waals surface area contributed by atoms with E-state index in [0.29, 0.717) is 0 Å². The summed E-state index contributed by atoms with van der Waals surface area (Å²) in [4.78, 5) is 0. The van der Waals surface area contributed by atoms with Gasteiger partial charge in [-0.15, -0.1) is 0 Å². The molecule has 0 radical (unpaired) electrons. The van der Waals surface area contributed by atoms with Crippen LogP contribution in [0.15, 0.2) is 109 Å². The lowest BCUT2D eigenvalue weighted by Crippen LogP contribution is -2.15. The van der Waals surface area contributed by atoms with Crippen molar-refractivity contribution >= 4 is 34.2 Å². The van der Waals surface area contributed by atoms with Crippen LogP contribution in [0.1, 0.15) is 29.2 Å². The molecular formula is C30H23Al. The highest BCUT2D eigenvalue weighted by Gasteiger charge is 2.39. The van der Waals surface area contributed by atoms with Crippen molar-refractivity contribution in [2.45, 2.75) is 12.2 Å². The van der Waals surface area contributed by atoms with Crippen molar-refractivity contribution in [2.24, 2.45) is 0 Å². The van der Waals surface area contributed by atoms with E-state index in [1.807, 2.05) is 6.07 Å². The van der Waals surface area contributed by atoms with Crippen molar-refractivity contribution in [3.63, 3.8) is 0 Å². The molecule has 0 bridgehead atoms. The highest BCUT2D eigenvalue weighted by molar-refractivity contribution is 7.00. The van der Waals surface area contributed by atoms with Gasteiger partial charge in [0.2, 0.25) is 0 Å². The molecule has 31 heavy (non-hydrogen) atoms. The fraction of sp³-hybridized carbons (Fsp3) is 0.0667. The van der Waals surface area contributed by atoms with E-state index < -0.39 is 14.1 Å². The zero-order valence-corrected chi connectivity index (χ0v) is 18.8. The Morgan fingerprint density at radius 3 is 1.48 bits per heavy atom.